The van der Waals surface area contributed by atoms with Crippen molar-refractivity contribution in [2.75, 3.05) is 6.54 Å². The van der Waals surface area contributed by atoms with Gasteiger partial charge in [0.1, 0.15) is 17.2 Å². The van der Waals surface area contributed by atoms with Gasteiger partial charge in [-0.1, -0.05) is 24.3 Å². The van der Waals surface area contributed by atoms with Crippen LogP contribution in [-0.2, 0) is 10.4 Å². The summed E-state index contributed by atoms with van der Waals surface area (Å²) in [5.41, 5.74) is -0.568. The van der Waals surface area contributed by atoms with Crippen molar-refractivity contribution in [3.05, 3.63) is 65.9 Å². The minimum Gasteiger partial charge on any atom is -0.466 e. The van der Waals surface area contributed by atoms with Gasteiger partial charge in [-0.3, -0.25) is 4.79 Å². The monoisotopic (exact) mass is 303 g/mol. The van der Waals surface area contributed by atoms with Gasteiger partial charge in [-0.25, -0.2) is 4.39 Å². The van der Waals surface area contributed by atoms with Gasteiger partial charge < -0.3 is 14.8 Å². The van der Waals surface area contributed by atoms with Crippen LogP contribution in [0.4, 0.5) is 4.39 Å². The van der Waals surface area contributed by atoms with Crippen LogP contribution in [0.15, 0.2) is 53.2 Å². The lowest BCUT2D eigenvalue weighted by atomic mass is 10.0. The summed E-state index contributed by atoms with van der Waals surface area (Å²) in [7, 11) is 0. The van der Waals surface area contributed by atoms with E-state index in [0.29, 0.717) is 11.3 Å². The molecule has 0 saturated carbocycles. The standard InChI is InChI=1S/C17H18FNO3/c1-17(21,15-8-4-10-22-15)12-19-16(20)9-3-6-13-5-2-7-14(18)11-13/h2-8,10-11,21H,9,12H2,1H3,(H,19,20)/b6-3+. The third-order valence-electron chi connectivity index (χ3n) is 3.14. The quantitative estimate of drug-likeness (QED) is 0.862. The van der Waals surface area contributed by atoms with Crippen molar-refractivity contribution in [2.24, 2.45) is 0 Å². The molecular weight excluding hydrogens is 285 g/mol. The van der Waals surface area contributed by atoms with Crippen LogP contribution < -0.4 is 5.32 Å². The van der Waals surface area contributed by atoms with Crippen molar-refractivity contribution in [1.29, 1.82) is 0 Å². The summed E-state index contributed by atoms with van der Waals surface area (Å²) in [6, 6.07) is 9.43. The van der Waals surface area contributed by atoms with Gasteiger partial charge in [0.25, 0.3) is 0 Å². The fourth-order valence-corrected chi connectivity index (χ4v) is 1.93. The van der Waals surface area contributed by atoms with Gasteiger partial charge in [0, 0.05) is 6.42 Å². The predicted molar refractivity (Wildman–Crippen MR) is 81.3 cm³/mol. The second-order valence-electron chi connectivity index (χ2n) is 5.19. The third-order valence-corrected chi connectivity index (χ3v) is 3.14. The molecule has 0 saturated heterocycles. The highest BCUT2D eigenvalue weighted by atomic mass is 19.1. The highest BCUT2D eigenvalue weighted by Gasteiger charge is 2.26. The maximum atomic E-state index is 13.0. The number of amides is 1. The van der Waals surface area contributed by atoms with Crippen LogP contribution in [0.1, 0.15) is 24.7 Å². The molecule has 0 bridgehead atoms. The number of carbonyl (C=O) groups excluding carboxylic acids is 1. The lowest BCUT2D eigenvalue weighted by Crippen LogP contribution is -2.38. The van der Waals surface area contributed by atoms with Crippen LogP contribution in [0, 0.1) is 5.82 Å². The van der Waals surface area contributed by atoms with Crippen LogP contribution >= 0.6 is 0 Å². The Morgan fingerprint density at radius 1 is 1.41 bits per heavy atom. The smallest absolute Gasteiger partial charge is 0.223 e. The van der Waals surface area contributed by atoms with Crippen molar-refractivity contribution in [3.8, 4) is 0 Å². The van der Waals surface area contributed by atoms with Crippen molar-refractivity contribution in [1.82, 2.24) is 5.32 Å². The van der Waals surface area contributed by atoms with Crippen LogP contribution in [0.5, 0.6) is 0 Å². The molecule has 0 aliphatic carbocycles. The molecule has 0 aliphatic heterocycles. The van der Waals surface area contributed by atoms with E-state index in [0.717, 1.165) is 0 Å². The number of hydrogen-bond acceptors (Lipinski definition) is 3. The molecule has 1 aromatic heterocycles. The fourth-order valence-electron chi connectivity index (χ4n) is 1.93. The number of benzene rings is 1. The summed E-state index contributed by atoms with van der Waals surface area (Å²) < 4.78 is 18.1. The fraction of sp³-hybridized carbons (Fsp3) is 0.235. The number of furan rings is 1. The van der Waals surface area contributed by atoms with Crippen LogP contribution in [0.3, 0.4) is 0 Å². The minimum atomic E-state index is -1.26. The molecule has 0 spiro atoms. The van der Waals surface area contributed by atoms with E-state index in [1.807, 2.05) is 0 Å². The van der Waals surface area contributed by atoms with Gasteiger partial charge in [-0.05, 0) is 36.8 Å². The molecule has 2 aromatic rings. The number of aliphatic hydroxyl groups is 1. The van der Waals surface area contributed by atoms with Gasteiger partial charge in [0.05, 0.1) is 12.8 Å². The van der Waals surface area contributed by atoms with E-state index < -0.39 is 5.60 Å². The Bertz CT molecular complexity index is 648. The summed E-state index contributed by atoms with van der Waals surface area (Å²) in [6.07, 6.45) is 4.93. The van der Waals surface area contributed by atoms with Crippen LogP contribution in [0.2, 0.25) is 0 Å². The van der Waals surface area contributed by atoms with Gasteiger partial charge >= 0.3 is 0 Å². The van der Waals surface area contributed by atoms with Crippen molar-refractivity contribution in [2.45, 2.75) is 18.9 Å². The van der Waals surface area contributed by atoms with Crippen molar-refractivity contribution < 1.29 is 18.7 Å². The highest BCUT2D eigenvalue weighted by molar-refractivity contribution is 5.78. The van der Waals surface area contributed by atoms with E-state index in [9.17, 15) is 14.3 Å². The first-order chi connectivity index (χ1) is 10.5. The summed E-state index contributed by atoms with van der Waals surface area (Å²) in [4.78, 5) is 11.7. The molecular formula is C17H18FNO3. The maximum absolute atomic E-state index is 13.0. The SMILES string of the molecule is CC(O)(CNC(=O)C/C=C/c1cccc(F)c1)c1ccco1. The number of carbonyl (C=O) groups is 1. The van der Waals surface area contributed by atoms with Gasteiger partial charge in [0.2, 0.25) is 5.91 Å². The highest BCUT2D eigenvalue weighted by Crippen LogP contribution is 2.19. The van der Waals surface area contributed by atoms with E-state index >= 15 is 0 Å². The predicted octanol–water partition coefficient (Wildman–Crippen LogP) is 2.85. The van der Waals surface area contributed by atoms with Crippen molar-refractivity contribution >= 4 is 12.0 Å². The van der Waals surface area contributed by atoms with Gasteiger partial charge in [-0.2, -0.15) is 0 Å². The molecule has 1 atom stereocenters. The van der Waals surface area contributed by atoms with Crippen molar-refractivity contribution in [3.63, 3.8) is 0 Å². The summed E-state index contributed by atoms with van der Waals surface area (Å²) >= 11 is 0. The molecule has 0 aliphatic rings. The van der Waals surface area contributed by atoms with E-state index in [-0.39, 0.29) is 24.7 Å². The summed E-state index contributed by atoms with van der Waals surface area (Å²) in [5, 5.41) is 12.8. The topological polar surface area (TPSA) is 62.5 Å². The number of hydrogen-bond donors (Lipinski definition) is 2. The average Bonchev–Trinajstić information content (AvgIpc) is 3.00. The molecule has 1 unspecified atom stereocenters. The molecule has 1 amide bonds. The lowest BCUT2D eigenvalue weighted by molar-refractivity contribution is -0.121. The van der Waals surface area contributed by atoms with Gasteiger partial charge in [-0.15, -0.1) is 0 Å². The largest absolute Gasteiger partial charge is 0.466 e. The second kappa shape index (κ2) is 7.04. The molecule has 116 valence electrons. The first-order valence-electron chi connectivity index (χ1n) is 6.92. The number of rotatable bonds is 6. The Morgan fingerprint density at radius 2 is 2.23 bits per heavy atom. The van der Waals surface area contributed by atoms with E-state index in [2.05, 4.69) is 5.32 Å². The Morgan fingerprint density at radius 3 is 2.91 bits per heavy atom. The molecule has 1 aromatic carbocycles. The first-order valence-corrected chi connectivity index (χ1v) is 6.92. The molecule has 22 heavy (non-hydrogen) atoms. The molecule has 1 heterocycles. The normalized spacial score (nSPS) is 14.0. The Labute approximate surface area is 128 Å². The average molecular weight is 303 g/mol. The zero-order chi connectivity index (χ0) is 16.0. The third kappa shape index (κ3) is 4.56. The molecule has 0 radical (unpaired) electrons. The molecule has 2 rings (SSSR count). The summed E-state index contributed by atoms with van der Waals surface area (Å²) in [6.45, 7) is 1.61. The first kappa shape index (κ1) is 16.0. The molecule has 2 N–H and O–H groups in total. The minimum absolute atomic E-state index is 0.0488. The number of halogens is 1. The van der Waals surface area contributed by atoms with Crippen LogP contribution in [0.25, 0.3) is 6.08 Å². The van der Waals surface area contributed by atoms with E-state index in [4.69, 9.17) is 4.42 Å². The Balaban J connectivity index is 1.81. The summed E-state index contributed by atoms with van der Waals surface area (Å²) in [5.74, 6) is -0.163. The van der Waals surface area contributed by atoms with Gasteiger partial charge in [0.15, 0.2) is 0 Å². The van der Waals surface area contributed by atoms with E-state index in [1.165, 1.54) is 18.4 Å². The zero-order valence-corrected chi connectivity index (χ0v) is 12.3. The molecule has 5 heteroatoms. The Kier molecular flexibility index (Phi) is 5.12. The van der Waals surface area contributed by atoms with E-state index in [1.54, 1.807) is 43.3 Å². The molecule has 0 fully saturated rings. The lowest BCUT2D eigenvalue weighted by Gasteiger charge is -2.20. The van der Waals surface area contributed by atoms with Crippen LogP contribution in [-0.4, -0.2) is 17.6 Å². The second-order valence-corrected chi connectivity index (χ2v) is 5.19. The molecule has 4 nitrogen and oxygen atoms in total. The maximum Gasteiger partial charge on any atom is 0.223 e. The number of nitrogens with one attached hydrogen (secondary N) is 1. The zero-order valence-electron chi connectivity index (χ0n) is 12.3. The Hall–Kier alpha value is -2.40.